The fraction of sp³-hybridized carbons (Fsp3) is 0.250. The van der Waals surface area contributed by atoms with Gasteiger partial charge in [0.05, 0.1) is 28.7 Å². The molecule has 0 aliphatic heterocycles. The molecule has 0 bridgehead atoms. The number of non-ortho nitro benzene ring substituents is 1. The van der Waals surface area contributed by atoms with Crippen LogP contribution in [0.15, 0.2) is 53.6 Å². The molecule has 1 heterocycles. The molecule has 0 fully saturated rings. The zero-order valence-electron chi connectivity index (χ0n) is 15.3. The van der Waals surface area contributed by atoms with E-state index in [1.807, 2.05) is 12.1 Å². The number of nitrogens with zero attached hydrogens (tertiary/aromatic N) is 3. The molecule has 1 aromatic heterocycles. The molecule has 0 amide bonds. The standard InChI is InChI=1S/C20H19N3O4/c1-20(2,3)14-6-4-13(5-7-14)18(24)11-22-12-21-17-9-8-15(23(26)27)10-16(17)19(22)25/h4-10,12H,11H2,1-3H3. The van der Waals surface area contributed by atoms with Crippen LogP contribution in [0.25, 0.3) is 10.9 Å². The topological polar surface area (TPSA) is 95.1 Å². The lowest BCUT2D eigenvalue weighted by atomic mass is 9.86. The van der Waals surface area contributed by atoms with Gasteiger partial charge in [0.2, 0.25) is 0 Å². The van der Waals surface area contributed by atoms with Crippen molar-refractivity contribution in [2.24, 2.45) is 0 Å². The Bertz CT molecular complexity index is 1090. The maximum absolute atomic E-state index is 12.6. The number of nitro benzene ring substituents is 1. The number of fused-ring (bicyclic) bond motifs is 1. The van der Waals surface area contributed by atoms with E-state index in [1.54, 1.807) is 12.1 Å². The van der Waals surface area contributed by atoms with Gasteiger partial charge in [0.1, 0.15) is 0 Å². The van der Waals surface area contributed by atoms with Crippen LogP contribution in [0, 0.1) is 10.1 Å². The van der Waals surface area contributed by atoms with E-state index in [1.165, 1.54) is 29.1 Å². The zero-order chi connectivity index (χ0) is 19.8. The lowest BCUT2D eigenvalue weighted by molar-refractivity contribution is -0.384. The molecule has 27 heavy (non-hydrogen) atoms. The average Bonchev–Trinajstić information content (AvgIpc) is 2.63. The van der Waals surface area contributed by atoms with E-state index in [9.17, 15) is 19.7 Å². The number of carbonyl (C=O) groups excluding carboxylic acids is 1. The van der Waals surface area contributed by atoms with Crippen LogP contribution in [0.4, 0.5) is 5.69 Å². The first kappa shape index (κ1) is 18.4. The minimum Gasteiger partial charge on any atom is -0.292 e. The molecule has 0 atom stereocenters. The fourth-order valence-electron chi connectivity index (χ4n) is 2.78. The number of aromatic nitrogens is 2. The Morgan fingerprint density at radius 1 is 1.15 bits per heavy atom. The summed E-state index contributed by atoms with van der Waals surface area (Å²) >= 11 is 0. The van der Waals surface area contributed by atoms with E-state index in [4.69, 9.17) is 0 Å². The van der Waals surface area contributed by atoms with E-state index in [0.717, 1.165) is 5.56 Å². The van der Waals surface area contributed by atoms with E-state index in [0.29, 0.717) is 11.1 Å². The smallest absolute Gasteiger partial charge is 0.270 e. The Morgan fingerprint density at radius 3 is 2.41 bits per heavy atom. The number of hydrogen-bond donors (Lipinski definition) is 0. The summed E-state index contributed by atoms with van der Waals surface area (Å²) in [6.07, 6.45) is 1.29. The molecule has 0 radical (unpaired) electrons. The lowest BCUT2D eigenvalue weighted by Crippen LogP contribution is -2.24. The van der Waals surface area contributed by atoms with E-state index in [-0.39, 0.29) is 28.8 Å². The molecule has 0 saturated carbocycles. The van der Waals surface area contributed by atoms with Gasteiger partial charge in [0.15, 0.2) is 5.78 Å². The van der Waals surface area contributed by atoms with Crippen molar-refractivity contribution in [1.82, 2.24) is 9.55 Å². The molecule has 3 rings (SSSR count). The van der Waals surface area contributed by atoms with E-state index in [2.05, 4.69) is 25.8 Å². The Labute approximate surface area is 155 Å². The molecule has 0 N–H and O–H groups in total. The Morgan fingerprint density at radius 2 is 1.81 bits per heavy atom. The van der Waals surface area contributed by atoms with Gasteiger partial charge in [-0.15, -0.1) is 0 Å². The van der Waals surface area contributed by atoms with Crippen molar-refractivity contribution in [3.8, 4) is 0 Å². The van der Waals surface area contributed by atoms with Gasteiger partial charge in [-0.3, -0.25) is 24.3 Å². The molecular formula is C20H19N3O4. The van der Waals surface area contributed by atoms with Crippen molar-refractivity contribution < 1.29 is 9.72 Å². The zero-order valence-corrected chi connectivity index (χ0v) is 15.3. The molecule has 0 aliphatic rings. The number of ketones is 1. The van der Waals surface area contributed by atoms with Gasteiger partial charge in [-0.2, -0.15) is 0 Å². The summed E-state index contributed by atoms with van der Waals surface area (Å²) in [5.41, 5.74) is 1.26. The van der Waals surface area contributed by atoms with Gasteiger partial charge in [-0.05, 0) is 17.0 Å². The van der Waals surface area contributed by atoms with Crippen LogP contribution in [-0.2, 0) is 12.0 Å². The highest BCUT2D eigenvalue weighted by Crippen LogP contribution is 2.22. The van der Waals surface area contributed by atoms with Crippen molar-refractivity contribution in [1.29, 1.82) is 0 Å². The minimum atomic E-state index is -0.571. The summed E-state index contributed by atoms with van der Waals surface area (Å²) in [7, 11) is 0. The van der Waals surface area contributed by atoms with Crippen LogP contribution >= 0.6 is 0 Å². The van der Waals surface area contributed by atoms with Crippen LogP contribution in [0.1, 0.15) is 36.7 Å². The third-order valence-electron chi connectivity index (χ3n) is 4.41. The minimum absolute atomic E-state index is 0.0184. The quantitative estimate of drug-likeness (QED) is 0.401. The van der Waals surface area contributed by atoms with Gasteiger partial charge in [0, 0.05) is 17.7 Å². The Hall–Kier alpha value is -3.35. The summed E-state index contributed by atoms with van der Waals surface area (Å²) < 4.78 is 1.17. The average molecular weight is 365 g/mol. The molecule has 7 nitrogen and oxygen atoms in total. The van der Waals surface area contributed by atoms with Gasteiger partial charge in [-0.25, -0.2) is 4.98 Å². The van der Waals surface area contributed by atoms with Crippen LogP contribution < -0.4 is 5.56 Å². The summed E-state index contributed by atoms with van der Waals surface area (Å²) in [5.74, 6) is -0.232. The summed E-state index contributed by atoms with van der Waals surface area (Å²) in [4.78, 5) is 39.6. The number of carbonyl (C=O) groups is 1. The predicted octanol–water partition coefficient (Wildman–Crippen LogP) is 3.49. The van der Waals surface area contributed by atoms with Crippen LogP contribution in [0.5, 0.6) is 0 Å². The van der Waals surface area contributed by atoms with Crippen LogP contribution in [0.3, 0.4) is 0 Å². The molecule has 0 spiro atoms. The number of Topliss-reactive ketones (excluding diaryl/α,β-unsaturated/α-hetero) is 1. The van der Waals surface area contributed by atoms with Crippen molar-refractivity contribution in [3.63, 3.8) is 0 Å². The predicted molar refractivity (Wildman–Crippen MR) is 102 cm³/mol. The van der Waals surface area contributed by atoms with E-state index < -0.39 is 10.5 Å². The maximum atomic E-state index is 12.6. The summed E-state index contributed by atoms with van der Waals surface area (Å²) in [6.45, 7) is 6.08. The van der Waals surface area contributed by atoms with Crippen LogP contribution in [-0.4, -0.2) is 20.3 Å². The number of rotatable bonds is 4. The Kier molecular flexibility index (Phi) is 4.61. The second kappa shape index (κ2) is 6.75. The number of hydrogen-bond acceptors (Lipinski definition) is 5. The molecular weight excluding hydrogens is 346 g/mol. The first-order valence-electron chi connectivity index (χ1n) is 8.44. The van der Waals surface area contributed by atoms with Crippen molar-refractivity contribution in [3.05, 3.63) is 80.4 Å². The first-order chi connectivity index (χ1) is 12.7. The number of benzene rings is 2. The maximum Gasteiger partial charge on any atom is 0.270 e. The SMILES string of the molecule is CC(C)(C)c1ccc(C(=O)Cn2cnc3ccc([N+](=O)[O-])cc3c2=O)cc1. The second-order valence-corrected chi connectivity index (χ2v) is 7.39. The third-order valence-corrected chi connectivity index (χ3v) is 4.41. The van der Waals surface area contributed by atoms with Crippen molar-refractivity contribution >= 4 is 22.4 Å². The normalized spacial score (nSPS) is 11.5. The third kappa shape index (κ3) is 3.76. The molecule has 2 aromatic carbocycles. The van der Waals surface area contributed by atoms with Gasteiger partial charge < -0.3 is 0 Å². The highest BCUT2D eigenvalue weighted by atomic mass is 16.6. The first-order valence-corrected chi connectivity index (χ1v) is 8.44. The molecule has 7 heteroatoms. The Balaban J connectivity index is 1.92. The largest absolute Gasteiger partial charge is 0.292 e. The molecule has 0 saturated heterocycles. The van der Waals surface area contributed by atoms with Crippen molar-refractivity contribution in [2.45, 2.75) is 32.7 Å². The van der Waals surface area contributed by atoms with E-state index >= 15 is 0 Å². The van der Waals surface area contributed by atoms with Crippen LogP contribution in [0.2, 0.25) is 0 Å². The van der Waals surface area contributed by atoms with Crippen molar-refractivity contribution in [2.75, 3.05) is 0 Å². The van der Waals surface area contributed by atoms with Gasteiger partial charge >= 0.3 is 0 Å². The lowest BCUT2D eigenvalue weighted by Gasteiger charge is -2.19. The summed E-state index contributed by atoms with van der Waals surface area (Å²) in [5, 5.41) is 11.0. The highest BCUT2D eigenvalue weighted by Gasteiger charge is 2.16. The number of nitro groups is 1. The second-order valence-electron chi connectivity index (χ2n) is 7.39. The monoisotopic (exact) mass is 365 g/mol. The molecule has 138 valence electrons. The fourth-order valence-corrected chi connectivity index (χ4v) is 2.78. The highest BCUT2D eigenvalue weighted by molar-refractivity contribution is 5.96. The molecule has 0 unspecified atom stereocenters. The molecule has 3 aromatic rings. The van der Waals surface area contributed by atoms with Gasteiger partial charge in [-0.1, -0.05) is 45.0 Å². The van der Waals surface area contributed by atoms with Gasteiger partial charge in [0.25, 0.3) is 11.2 Å². The summed E-state index contributed by atoms with van der Waals surface area (Å²) in [6, 6.07) is 11.2. The molecule has 0 aliphatic carbocycles.